The van der Waals surface area contributed by atoms with Gasteiger partial charge >= 0.3 is 0 Å². The van der Waals surface area contributed by atoms with Crippen molar-refractivity contribution in [2.75, 3.05) is 7.05 Å². The van der Waals surface area contributed by atoms with E-state index in [1.807, 2.05) is 0 Å². The zero-order chi connectivity index (χ0) is 11.6. The number of nitrogens with zero attached hydrogens (tertiary/aromatic N) is 3. The summed E-state index contributed by atoms with van der Waals surface area (Å²) in [6, 6.07) is 1.01. The molecule has 0 saturated heterocycles. The van der Waals surface area contributed by atoms with E-state index in [9.17, 15) is 0 Å². The number of fused-ring (bicyclic) bond motifs is 1. The second-order valence-electron chi connectivity index (χ2n) is 6.23. The highest BCUT2D eigenvalue weighted by Gasteiger charge is 2.35. The monoisotopic (exact) mass is 223 g/mol. The zero-order valence-electron chi connectivity index (χ0n) is 10.9. The highest BCUT2D eigenvalue weighted by molar-refractivity contribution is 4.89. The molecule has 0 aromatic carbocycles. The average Bonchev–Trinajstić information content (AvgIpc) is 2.54. The topological polar surface area (TPSA) is 28.0 Å². The van der Waals surface area contributed by atoms with Crippen molar-refractivity contribution in [1.82, 2.24) is 5.01 Å². The zero-order valence-corrected chi connectivity index (χ0v) is 10.9. The maximum Gasteiger partial charge on any atom is 0.0949 e. The van der Waals surface area contributed by atoms with Crippen LogP contribution in [0, 0.1) is 5.41 Å². The van der Waals surface area contributed by atoms with Gasteiger partial charge in [0.2, 0.25) is 0 Å². The fraction of sp³-hybridized carbons (Fsp3) is 1.00. The van der Waals surface area contributed by atoms with E-state index in [2.05, 4.69) is 36.2 Å². The van der Waals surface area contributed by atoms with Crippen molar-refractivity contribution in [3.63, 3.8) is 0 Å². The van der Waals surface area contributed by atoms with Crippen LogP contribution in [0.3, 0.4) is 0 Å². The third kappa shape index (κ3) is 2.74. The lowest BCUT2D eigenvalue weighted by Gasteiger charge is -2.33. The molecule has 3 nitrogen and oxygen atoms in total. The van der Waals surface area contributed by atoms with E-state index in [0.29, 0.717) is 17.5 Å². The van der Waals surface area contributed by atoms with Crippen LogP contribution in [0.2, 0.25) is 0 Å². The van der Waals surface area contributed by atoms with Crippen LogP contribution in [0.15, 0.2) is 10.3 Å². The molecular formula is C13H25N3. The van der Waals surface area contributed by atoms with Gasteiger partial charge in [-0.1, -0.05) is 44.8 Å². The summed E-state index contributed by atoms with van der Waals surface area (Å²) in [7, 11) is 2.08. The van der Waals surface area contributed by atoms with Crippen molar-refractivity contribution in [2.24, 2.45) is 15.8 Å². The molecule has 1 fully saturated rings. The predicted molar refractivity (Wildman–Crippen MR) is 66.3 cm³/mol. The Bertz CT molecular complexity index is 260. The molecule has 1 aliphatic carbocycles. The molecule has 0 amide bonds. The summed E-state index contributed by atoms with van der Waals surface area (Å²) in [5, 5.41) is 10.8. The Labute approximate surface area is 99.3 Å². The first kappa shape index (κ1) is 11.9. The lowest BCUT2D eigenvalue weighted by Crippen LogP contribution is -2.37. The van der Waals surface area contributed by atoms with E-state index in [-0.39, 0.29) is 0 Å². The van der Waals surface area contributed by atoms with Gasteiger partial charge in [0, 0.05) is 7.05 Å². The van der Waals surface area contributed by atoms with Crippen molar-refractivity contribution in [3.05, 3.63) is 0 Å². The van der Waals surface area contributed by atoms with Crippen LogP contribution in [0.4, 0.5) is 0 Å². The van der Waals surface area contributed by atoms with Gasteiger partial charge in [0.05, 0.1) is 12.1 Å². The van der Waals surface area contributed by atoms with Crippen LogP contribution in [-0.4, -0.2) is 24.1 Å². The van der Waals surface area contributed by atoms with Gasteiger partial charge in [-0.15, -0.1) is 0 Å². The smallest absolute Gasteiger partial charge is 0.0949 e. The van der Waals surface area contributed by atoms with Crippen LogP contribution in [0.1, 0.15) is 58.8 Å². The second-order valence-corrected chi connectivity index (χ2v) is 6.23. The SMILES string of the molecule is CN1N=NC2CCCCCCC(C)(C)CC21. The Morgan fingerprint density at radius 2 is 1.88 bits per heavy atom. The van der Waals surface area contributed by atoms with Gasteiger partial charge in [-0.2, -0.15) is 5.11 Å². The van der Waals surface area contributed by atoms with Crippen LogP contribution >= 0.6 is 0 Å². The first-order valence-corrected chi connectivity index (χ1v) is 6.72. The quantitative estimate of drug-likeness (QED) is 0.613. The average molecular weight is 223 g/mol. The summed E-state index contributed by atoms with van der Waals surface area (Å²) in [6.45, 7) is 4.80. The maximum absolute atomic E-state index is 4.43. The normalized spacial score (nSPS) is 34.8. The number of likely N-dealkylation sites (N-methyl/N-ethyl adjacent to an activating group) is 1. The minimum absolute atomic E-state index is 0.448. The van der Waals surface area contributed by atoms with Crippen LogP contribution in [0.25, 0.3) is 0 Å². The molecule has 2 atom stereocenters. The largest absolute Gasteiger partial charge is 0.277 e. The van der Waals surface area contributed by atoms with Gasteiger partial charge in [0.25, 0.3) is 0 Å². The molecule has 2 rings (SSSR count). The summed E-state index contributed by atoms with van der Waals surface area (Å²) in [5.41, 5.74) is 0.448. The molecule has 0 aromatic heterocycles. The summed E-state index contributed by atoms with van der Waals surface area (Å²) in [4.78, 5) is 0. The second kappa shape index (κ2) is 4.72. The summed E-state index contributed by atoms with van der Waals surface area (Å²) in [6.07, 6.45) is 9.31. The summed E-state index contributed by atoms with van der Waals surface area (Å²) < 4.78 is 0. The Kier molecular flexibility index (Phi) is 3.50. The molecule has 16 heavy (non-hydrogen) atoms. The minimum atomic E-state index is 0.448. The van der Waals surface area contributed by atoms with Crippen LogP contribution in [-0.2, 0) is 0 Å². The summed E-state index contributed by atoms with van der Waals surface area (Å²) >= 11 is 0. The lowest BCUT2D eigenvalue weighted by atomic mass is 9.78. The molecule has 1 aliphatic heterocycles. The van der Waals surface area contributed by atoms with Gasteiger partial charge in [-0.05, 0) is 24.7 Å². The van der Waals surface area contributed by atoms with Gasteiger partial charge in [0.15, 0.2) is 0 Å². The van der Waals surface area contributed by atoms with Crippen molar-refractivity contribution < 1.29 is 0 Å². The van der Waals surface area contributed by atoms with Crippen molar-refractivity contribution in [2.45, 2.75) is 70.9 Å². The van der Waals surface area contributed by atoms with Gasteiger partial charge in [-0.25, -0.2) is 0 Å². The fourth-order valence-corrected chi connectivity index (χ4v) is 3.04. The molecule has 0 bridgehead atoms. The molecule has 0 N–H and O–H groups in total. The van der Waals surface area contributed by atoms with Gasteiger partial charge in [0.1, 0.15) is 0 Å². The minimum Gasteiger partial charge on any atom is -0.277 e. The molecular weight excluding hydrogens is 198 g/mol. The molecule has 0 aromatic rings. The molecule has 1 heterocycles. The Morgan fingerprint density at radius 1 is 1.12 bits per heavy atom. The fourth-order valence-electron chi connectivity index (χ4n) is 3.04. The summed E-state index contributed by atoms with van der Waals surface area (Å²) in [5.74, 6) is 0. The van der Waals surface area contributed by atoms with Crippen molar-refractivity contribution in [3.8, 4) is 0 Å². The molecule has 2 unspecified atom stereocenters. The van der Waals surface area contributed by atoms with E-state index >= 15 is 0 Å². The Balaban J connectivity index is 2.05. The van der Waals surface area contributed by atoms with Crippen molar-refractivity contribution in [1.29, 1.82) is 0 Å². The Hall–Kier alpha value is -0.600. The maximum atomic E-state index is 4.43. The number of hydrogen-bond acceptors (Lipinski definition) is 3. The van der Waals surface area contributed by atoms with E-state index < -0.39 is 0 Å². The predicted octanol–water partition coefficient (Wildman–Crippen LogP) is 3.81. The van der Waals surface area contributed by atoms with E-state index in [1.165, 1.54) is 44.9 Å². The molecule has 0 spiro atoms. The van der Waals surface area contributed by atoms with Crippen molar-refractivity contribution >= 4 is 0 Å². The van der Waals surface area contributed by atoms with E-state index in [1.54, 1.807) is 0 Å². The first-order valence-electron chi connectivity index (χ1n) is 6.72. The molecule has 92 valence electrons. The standard InChI is InChI=1S/C13H25N3/c1-13(2)9-7-5-4-6-8-11-12(10-13)16(3)15-14-11/h11-12H,4-10H2,1-3H3. The third-order valence-electron chi connectivity index (χ3n) is 4.13. The molecule has 3 heteroatoms. The molecule has 1 saturated carbocycles. The lowest BCUT2D eigenvalue weighted by molar-refractivity contribution is 0.164. The molecule has 2 aliphatic rings. The van der Waals surface area contributed by atoms with Gasteiger partial charge in [-0.3, -0.25) is 5.01 Å². The van der Waals surface area contributed by atoms with E-state index in [4.69, 9.17) is 0 Å². The highest BCUT2D eigenvalue weighted by Crippen LogP contribution is 2.36. The Morgan fingerprint density at radius 3 is 2.69 bits per heavy atom. The third-order valence-corrected chi connectivity index (χ3v) is 4.13. The van der Waals surface area contributed by atoms with E-state index in [0.717, 1.165) is 0 Å². The first-order chi connectivity index (χ1) is 7.58. The number of rotatable bonds is 0. The van der Waals surface area contributed by atoms with Gasteiger partial charge < -0.3 is 0 Å². The molecule has 0 radical (unpaired) electrons. The van der Waals surface area contributed by atoms with Crippen LogP contribution in [0.5, 0.6) is 0 Å². The highest BCUT2D eigenvalue weighted by atomic mass is 15.6. The van der Waals surface area contributed by atoms with Crippen LogP contribution < -0.4 is 0 Å². The number of hydrogen-bond donors (Lipinski definition) is 0.